The Labute approximate surface area is 266 Å². The maximum absolute atomic E-state index is 13.7. The van der Waals surface area contributed by atoms with Crippen molar-refractivity contribution in [2.75, 3.05) is 26.2 Å². The lowest BCUT2D eigenvalue weighted by molar-refractivity contribution is -0.132. The van der Waals surface area contributed by atoms with Gasteiger partial charge >= 0.3 is 5.91 Å². The Balaban J connectivity index is 1.41. The van der Waals surface area contributed by atoms with Crippen LogP contribution in [0.3, 0.4) is 0 Å². The van der Waals surface area contributed by atoms with Crippen LogP contribution < -0.4 is 19.1 Å². The minimum Gasteiger partial charge on any atom is -0.507 e. The van der Waals surface area contributed by atoms with E-state index in [1.54, 1.807) is 18.2 Å². The standard InChI is InChI=1S/C33H27N3O7S2/c1-41-24-14-12-20(16-26(24)43-3)29(38)27-28(19-11-13-23(37)25(15-19)42-2)36(31(40)30(27)39)32-34-35-33(45-32)44-17-21-9-6-8-18-7-4-5-10-22(18)21/h4-16,28,37-38H,17H2,1-3H3/t28-/m1/s1. The Morgan fingerprint density at radius 1 is 0.889 bits per heavy atom. The van der Waals surface area contributed by atoms with Gasteiger partial charge in [-0.2, -0.15) is 0 Å². The molecule has 45 heavy (non-hydrogen) atoms. The number of rotatable bonds is 9. The molecule has 1 amide bonds. The zero-order chi connectivity index (χ0) is 31.7. The minimum absolute atomic E-state index is 0.124. The number of nitrogens with zero attached hydrogens (tertiary/aromatic N) is 3. The van der Waals surface area contributed by atoms with Crippen molar-refractivity contribution in [2.24, 2.45) is 0 Å². The zero-order valence-electron chi connectivity index (χ0n) is 24.4. The summed E-state index contributed by atoms with van der Waals surface area (Å²) in [5, 5.41) is 32.9. The van der Waals surface area contributed by atoms with Gasteiger partial charge in [0.25, 0.3) is 5.78 Å². The van der Waals surface area contributed by atoms with Crippen molar-refractivity contribution < 1.29 is 34.0 Å². The second-order valence-corrected chi connectivity index (χ2v) is 12.1. The molecule has 228 valence electrons. The predicted octanol–water partition coefficient (Wildman–Crippen LogP) is 6.34. The first-order valence-electron chi connectivity index (χ1n) is 13.7. The number of carbonyl (C=O) groups is 2. The average molecular weight is 642 g/mol. The van der Waals surface area contributed by atoms with Gasteiger partial charge in [0.15, 0.2) is 27.3 Å². The fourth-order valence-corrected chi connectivity index (χ4v) is 7.14. The van der Waals surface area contributed by atoms with Crippen LogP contribution in [0.15, 0.2) is 88.8 Å². The van der Waals surface area contributed by atoms with E-state index in [1.165, 1.54) is 56.2 Å². The lowest BCUT2D eigenvalue weighted by Gasteiger charge is -2.23. The summed E-state index contributed by atoms with van der Waals surface area (Å²) in [6.45, 7) is 0. The average Bonchev–Trinajstić information content (AvgIpc) is 3.64. The molecule has 0 bridgehead atoms. The molecule has 0 radical (unpaired) electrons. The number of thioether (sulfide) groups is 1. The fourth-order valence-electron chi connectivity index (χ4n) is 5.26. The van der Waals surface area contributed by atoms with Crippen LogP contribution in [0.2, 0.25) is 0 Å². The summed E-state index contributed by atoms with van der Waals surface area (Å²) in [4.78, 5) is 28.5. The van der Waals surface area contributed by atoms with Gasteiger partial charge in [-0.05, 0) is 52.2 Å². The van der Waals surface area contributed by atoms with Gasteiger partial charge in [0.05, 0.1) is 32.9 Å². The summed E-state index contributed by atoms with van der Waals surface area (Å²) >= 11 is 2.63. The highest BCUT2D eigenvalue weighted by Crippen LogP contribution is 2.46. The smallest absolute Gasteiger partial charge is 0.301 e. The molecule has 0 aliphatic carbocycles. The number of ether oxygens (including phenoxy) is 3. The topological polar surface area (TPSA) is 131 Å². The number of fused-ring (bicyclic) bond motifs is 1. The van der Waals surface area contributed by atoms with Gasteiger partial charge in [0.1, 0.15) is 5.76 Å². The van der Waals surface area contributed by atoms with Gasteiger partial charge in [0.2, 0.25) is 5.13 Å². The quantitative estimate of drug-likeness (QED) is 0.0618. The third-order valence-corrected chi connectivity index (χ3v) is 9.56. The van der Waals surface area contributed by atoms with E-state index in [2.05, 4.69) is 34.5 Å². The zero-order valence-corrected chi connectivity index (χ0v) is 26.0. The van der Waals surface area contributed by atoms with E-state index in [9.17, 15) is 19.8 Å². The van der Waals surface area contributed by atoms with Crippen LogP contribution >= 0.6 is 23.1 Å². The number of aliphatic hydroxyl groups is 1. The molecule has 0 spiro atoms. The number of ketones is 1. The molecule has 12 heteroatoms. The second kappa shape index (κ2) is 12.5. The third-order valence-electron chi connectivity index (χ3n) is 7.45. The molecule has 4 aromatic carbocycles. The molecular weight excluding hydrogens is 615 g/mol. The van der Waals surface area contributed by atoms with Crippen LogP contribution in [0.25, 0.3) is 16.5 Å². The fraction of sp³-hybridized carbons (Fsp3) is 0.152. The summed E-state index contributed by atoms with van der Waals surface area (Å²) in [6.07, 6.45) is 0. The van der Waals surface area contributed by atoms with Crippen molar-refractivity contribution in [2.45, 2.75) is 16.1 Å². The first kappa shape index (κ1) is 30.0. The molecule has 1 aromatic heterocycles. The van der Waals surface area contributed by atoms with E-state index in [0.717, 1.165) is 27.7 Å². The number of aromatic hydroxyl groups is 1. The Morgan fingerprint density at radius 2 is 1.64 bits per heavy atom. The van der Waals surface area contributed by atoms with E-state index in [0.29, 0.717) is 27.2 Å². The molecule has 10 nitrogen and oxygen atoms in total. The number of amides is 1. The Morgan fingerprint density at radius 3 is 2.42 bits per heavy atom. The summed E-state index contributed by atoms with van der Waals surface area (Å²) in [5.41, 5.74) is 1.61. The Hall–Kier alpha value is -5.07. The molecule has 6 rings (SSSR count). The van der Waals surface area contributed by atoms with Crippen LogP contribution in [-0.2, 0) is 15.3 Å². The number of phenols is 1. The van der Waals surface area contributed by atoms with Gasteiger partial charge in [0, 0.05) is 11.3 Å². The predicted molar refractivity (Wildman–Crippen MR) is 172 cm³/mol. The Bertz CT molecular complexity index is 1970. The number of benzene rings is 4. The lowest BCUT2D eigenvalue weighted by atomic mass is 9.95. The maximum atomic E-state index is 13.7. The van der Waals surface area contributed by atoms with E-state index < -0.39 is 23.5 Å². The molecule has 1 fully saturated rings. The number of aromatic nitrogens is 2. The van der Waals surface area contributed by atoms with Gasteiger partial charge in [-0.3, -0.25) is 14.5 Å². The molecule has 2 N–H and O–H groups in total. The van der Waals surface area contributed by atoms with Crippen LogP contribution in [0.1, 0.15) is 22.7 Å². The van der Waals surface area contributed by atoms with Gasteiger partial charge in [-0.25, -0.2) is 0 Å². The van der Waals surface area contributed by atoms with Crippen molar-refractivity contribution in [3.8, 4) is 23.0 Å². The number of anilines is 1. The maximum Gasteiger partial charge on any atom is 0.301 e. The lowest BCUT2D eigenvalue weighted by Crippen LogP contribution is -2.29. The van der Waals surface area contributed by atoms with E-state index in [1.807, 2.05) is 18.2 Å². The van der Waals surface area contributed by atoms with E-state index in [4.69, 9.17) is 14.2 Å². The van der Waals surface area contributed by atoms with Crippen molar-refractivity contribution in [1.29, 1.82) is 0 Å². The number of Topliss-reactive ketones (excluding diaryl/α,β-unsaturated/α-hetero) is 1. The highest BCUT2D eigenvalue weighted by atomic mass is 32.2. The number of hydrogen-bond acceptors (Lipinski definition) is 11. The molecule has 1 aliphatic rings. The number of carbonyl (C=O) groups excluding carboxylic acids is 2. The molecule has 5 aromatic rings. The molecule has 1 aliphatic heterocycles. The second-order valence-electron chi connectivity index (χ2n) is 9.95. The van der Waals surface area contributed by atoms with Crippen LogP contribution in [0.4, 0.5) is 5.13 Å². The van der Waals surface area contributed by atoms with Crippen molar-refractivity contribution in [3.05, 3.63) is 101 Å². The normalized spacial score (nSPS) is 15.9. The highest BCUT2D eigenvalue weighted by molar-refractivity contribution is 8.00. The van der Waals surface area contributed by atoms with Gasteiger partial charge in [-0.15, -0.1) is 10.2 Å². The molecule has 0 unspecified atom stereocenters. The van der Waals surface area contributed by atoms with Gasteiger partial charge in [-0.1, -0.05) is 71.6 Å². The number of aliphatic hydroxyl groups excluding tert-OH is 1. The molecular formula is C33H27N3O7S2. The van der Waals surface area contributed by atoms with E-state index in [-0.39, 0.29) is 27.8 Å². The third kappa shape index (κ3) is 5.54. The summed E-state index contributed by atoms with van der Waals surface area (Å²) in [6, 6.07) is 22.3. The summed E-state index contributed by atoms with van der Waals surface area (Å²) in [7, 11) is 4.33. The SMILES string of the molecule is COc1cc([C@@H]2C(=C(O)c3ccc(OC)c(OC)c3)C(=O)C(=O)N2c2nnc(SCc3cccc4ccccc34)s2)ccc1O. The minimum atomic E-state index is -1.10. The molecule has 1 saturated heterocycles. The largest absolute Gasteiger partial charge is 0.507 e. The number of methoxy groups -OCH3 is 3. The van der Waals surface area contributed by atoms with Crippen LogP contribution in [-0.4, -0.2) is 53.4 Å². The van der Waals surface area contributed by atoms with Crippen molar-refractivity contribution >= 4 is 56.5 Å². The van der Waals surface area contributed by atoms with E-state index >= 15 is 0 Å². The first-order chi connectivity index (χ1) is 21.8. The number of hydrogen-bond donors (Lipinski definition) is 2. The first-order valence-corrected chi connectivity index (χ1v) is 15.5. The van der Waals surface area contributed by atoms with Crippen molar-refractivity contribution in [3.63, 3.8) is 0 Å². The van der Waals surface area contributed by atoms with Crippen LogP contribution in [0.5, 0.6) is 23.0 Å². The Kier molecular flexibility index (Phi) is 8.33. The molecule has 1 atom stereocenters. The van der Waals surface area contributed by atoms with Crippen LogP contribution in [0, 0.1) is 0 Å². The molecule has 0 saturated carbocycles. The van der Waals surface area contributed by atoms with Gasteiger partial charge < -0.3 is 24.4 Å². The monoisotopic (exact) mass is 641 g/mol. The summed E-state index contributed by atoms with van der Waals surface area (Å²) < 4.78 is 16.6. The molecule has 2 heterocycles. The number of phenolic OH excluding ortho intramolecular Hbond substituents is 1. The van der Waals surface area contributed by atoms with Crippen molar-refractivity contribution in [1.82, 2.24) is 10.2 Å². The highest BCUT2D eigenvalue weighted by Gasteiger charge is 2.48. The summed E-state index contributed by atoms with van der Waals surface area (Å²) in [5.74, 6) is -0.812.